The van der Waals surface area contributed by atoms with Gasteiger partial charge in [0.25, 0.3) is 0 Å². The summed E-state index contributed by atoms with van der Waals surface area (Å²) in [7, 11) is 0. The zero-order valence-electron chi connectivity index (χ0n) is 14.4. The third-order valence-electron chi connectivity index (χ3n) is 4.04. The Bertz CT molecular complexity index is 540. The van der Waals surface area contributed by atoms with Gasteiger partial charge in [-0.15, -0.1) is 0 Å². The minimum Gasteiger partial charge on any atom is -0.337 e. The van der Waals surface area contributed by atoms with Crippen molar-refractivity contribution in [2.75, 3.05) is 13.1 Å². The van der Waals surface area contributed by atoms with Crippen LogP contribution >= 0.6 is 11.9 Å². The largest absolute Gasteiger partial charge is 0.337 e. The predicted octanol–water partition coefficient (Wildman–Crippen LogP) is 4.22. The van der Waals surface area contributed by atoms with Gasteiger partial charge in [-0.25, -0.2) is 4.79 Å². The molecule has 0 spiro atoms. The lowest BCUT2D eigenvalue weighted by Crippen LogP contribution is -2.35. The van der Waals surface area contributed by atoms with Gasteiger partial charge in [0.15, 0.2) is 5.78 Å². The summed E-state index contributed by atoms with van der Waals surface area (Å²) in [5, 5.41) is 2.96. The van der Waals surface area contributed by atoms with Gasteiger partial charge < -0.3 is 5.32 Å². The molecule has 6 heteroatoms. The van der Waals surface area contributed by atoms with Gasteiger partial charge in [0.1, 0.15) is 5.71 Å². The minimum absolute atomic E-state index is 0.0154. The number of nitrogens with one attached hydrogen (secondary N) is 1. The van der Waals surface area contributed by atoms with Crippen molar-refractivity contribution in [2.24, 2.45) is 4.99 Å². The summed E-state index contributed by atoms with van der Waals surface area (Å²) in [5.41, 5.74) is 0.477. The van der Waals surface area contributed by atoms with Crippen molar-refractivity contribution in [2.45, 2.75) is 58.3 Å². The van der Waals surface area contributed by atoms with Crippen LogP contribution in [0.3, 0.4) is 0 Å². The van der Waals surface area contributed by atoms with E-state index in [2.05, 4.69) is 17.2 Å². The second kappa shape index (κ2) is 10.3. The number of unbranched alkanes of at least 4 members (excludes halogenated alkanes) is 6. The molecule has 0 radical (unpaired) electrons. The molecule has 0 aromatic carbocycles. The highest BCUT2D eigenvalue weighted by Gasteiger charge is 2.27. The van der Waals surface area contributed by atoms with E-state index in [1.54, 1.807) is 16.6 Å². The van der Waals surface area contributed by atoms with E-state index in [-0.39, 0.29) is 11.8 Å². The summed E-state index contributed by atoms with van der Waals surface area (Å²) in [6.45, 7) is 3.44. The third-order valence-corrected chi connectivity index (χ3v) is 5.14. The molecule has 2 amide bonds. The fourth-order valence-electron chi connectivity index (χ4n) is 2.65. The molecule has 0 atom stereocenters. The van der Waals surface area contributed by atoms with Crippen LogP contribution < -0.4 is 5.32 Å². The maximum atomic E-state index is 12.2. The third kappa shape index (κ3) is 5.82. The summed E-state index contributed by atoms with van der Waals surface area (Å²) in [6.07, 6.45) is 14.3. The average Bonchev–Trinajstić information content (AvgIpc) is 3.07. The number of urea groups is 1. The second-order valence-electron chi connectivity index (χ2n) is 6.06. The van der Waals surface area contributed by atoms with E-state index in [4.69, 9.17) is 0 Å². The number of carbonyl (C=O) groups is 2. The normalized spacial score (nSPS) is 17.0. The molecule has 24 heavy (non-hydrogen) atoms. The standard InChI is InChI=1S/C18H27N3O2S/c1-2-3-4-5-6-7-8-12-20-18(23)21-14-11-16(24-21)17-15(22)10-9-13-19-17/h9,11,13H,2-8,10,12,14H2,1H3,(H,20,23). The van der Waals surface area contributed by atoms with Gasteiger partial charge in [-0.3, -0.25) is 14.1 Å². The lowest BCUT2D eigenvalue weighted by molar-refractivity contribution is -0.112. The summed E-state index contributed by atoms with van der Waals surface area (Å²) >= 11 is 1.30. The van der Waals surface area contributed by atoms with E-state index in [1.165, 1.54) is 44.1 Å². The molecule has 0 aliphatic carbocycles. The van der Waals surface area contributed by atoms with Crippen molar-refractivity contribution in [1.29, 1.82) is 0 Å². The fraction of sp³-hybridized carbons (Fsp3) is 0.611. The Kier molecular flexibility index (Phi) is 8.08. The topological polar surface area (TPSA) is 61.8 Å². The van der Waals surface area contributed by atoms with Gasteiger partial charge >= 0.3 is 6.03 Å². The SMILES string of the molecule is CCCCCCCCCNC(=O)N1CC=C(C2=NC=CCC2=O)S1. The van der Waals surface area contributed by atoms with Crippen LogP contribution in [0.4, 0.5) is 4.79 Å². The Morgan fingerprint density at radius 2 is 2.00 bits per heavy atom. The summed E-state index contributed by atoms with van der Waals surface area (Å²) in [4.78, 5) is 28.9. The first-order valence-electron chi connectivity index (χ1n) is 8.92. The Morgan fingerprint density at radius 3 is 2.75 bits per heavy atom. The number of aliphatic imine (C=N–C) groups is 1. The average molecular weight is 350 g/mol. The highest BCUT2D eigenvalue weighted by Crippen LogP contribution is 2.30. The molecule has 132 valence electrons. The molecule has 2 aliphatic rings. The van der Waals surface area contributed by atoms with Gasteiger partial charge in [-0.05, 0) is 24.4 Å². The molecule has 0 aromatic rings. The van der Waals surface area contributed by atoms with Crippen LogP contribution in [-0.2, 0) is 4.79 Å². The number of amides is 2. The molecule has 0 fully saturated rings. The maximum Gasteiger partial charge on any atom is 0.327 e. The van der Waals surface area contributed by atoms with Crippen LogP contribution in [-0.4, -0.2) is 34.9 Å². The van der Waals surface area contributed by atoms with Crippen LogP contribution in [0.5, 0.6) is 0 Å². The molecule has 5 nitrogen and oxygen atoms in total. The highest BCUT2D eigenvalue weighted by atomic mass is 32.2. The molecule has 2 heterocycles. The van der Waals surface area contributed by atoms with Crippen molar-refractivity contribution in [3.63, 3.8) is 0 Å². The van der Waals surface area contributed by atoms with Gasteiger partial charge in [0.05, 0.1) is 11.4 Å². The monoisotopic (exact) mass is 349 g/mol. The fourth-order valence-corrected chi connectivity index (χ4v) is 3.58. The Morgan fingerprint density at radius 1 is 1.25 bits per heavy atom. The molecule has 0 bridgehead atoms. The number of hydrogen-bond donors (Lipinski definition) is 1. The van der Waals surface area contributed by atoms with E-state index in [0.29, 0.717) is 25.2 Å². The van der Waals surface area contributed by atoms with Crippen molar-refractivity contribution in [3.05, 3.63) is 23.3 Å². The van der Waals surface area contributed by atoms with Crippen molar-refractivity contribution < 1.29 is 9.59 Å². The number of carbonyl (C=O) groups excluding carboxylic acids is 2. The molecular weight excluding hydrogens is 322 g/mol. The van der Waals surface area contributed by atoms with Crippen LogP contribution in [0, 0.1) is 0 Å². The molecule has 0 unspecified atom stereocenters. The van der Waals surface area contributed by atoms with Crippen LogP contribution in [0.1, 0.15) is 58.3 Å². The van der Waals surface area contributed by atoms with E-state index >= 15 is 0 Å². The molecule has 0 aromatic heterocycles. The predicted molar refractivity (Wildman–Crippen MR) is 100.0 cm³/mol. The zero-order valence-corrected chi connectivity index (χ0v) is 15.2. The first kappa shape index (κ1) is 18.8. The van der Waals surface area contributed by atoms with Crippen LogP contribution in [0.25, 0.3) is 0 Å². The first-order chi connectivity index (χ1) is 11.7. The molecule has 1 N–H and O–H groups in total. The van der Waals surface area contributed by atoms with E-state index in [9.17, 15) is 9.59 Å². The number of ketones is 1. The maximum absolute atomic E-state index is 12.2. The van der Waals surface area contributed by atoms with Gasteiger partial charge in [-0.2, -0.15) is 0 Å². The minimum atomic E-state index is -0.0865. The van der Waals surface area contributed by atoms with E-state index < -0.39 is 0 Å². The molecule has 0 saturated carbocycles. The zero-order chi connectivity index (χ0) is 17.2. The van der Waals surface area contributed by atoms with E-state index in [1.807, 2.05) is 6.08 Å². The van der Waals surface area contributed by atoms with Crippen molar-refractivity contribution >= 4 is 29.5 Å². The number of rotatable bonds is 9. The molecule has 2 aliphatic heterocycles. The number of allylic oxidation sites excluding steroid dienone is 2. The number of hydrogen-bond acceptors (Lipinski definition) is 4. The Balaban J connectivity index is 1.60. The summed E-state index contributed by atoms with van der Waals surface area (Å²) in [5.74, 6) is 0.0154. The smallest absolute Gasteiger partial charge is 0.327 e. The van der Waals surface area contributed by atoms with Crippen molar-refractivity contribution in [3.8, 4) is 0 Å². The van der Waals surface area contributed by atoms with Crippen LogP contribution in [0.15, 0.2) is 28.2 Å². The summed E-state index contributed by atoms with van der Waals surface area (Å²) in [6, 6.07) is -0.0865. The lowest BCUT2D eigenvalue weighted by atomic mass is 10.1. The number of nitrogens with zero attached hydrogens (tertiary/aromatic N) is 2. The highest BCUT2D eigenvalue weighted by molar-refractivity contribution is 8.02. The number of Topliss-reactive ketones (excluding diaryl/α,β-unsaturated/α-hetero) is 1. The Labute approximate surface area is 148 Å². The van der Waals surface area contributed by atoms with Gasteiger partial charge in [0.2, 0.25) is 0 Å². The first-order valence-corrected chi connectivity index (χ1v) is 9.69. The van der Waals surface area contributed by atoms with Gasteiger partial charge in [-0.1, -0.05) is 51.5 Å². The second-order valence-corrected chi connectivity index (χ2v) is 7.13. The molecule has 2 rings (SSSR count). The lowest BCUT2D eigenvalue weighted by Gasteiger charge is -2.16. The molecular formula is C18H27N3O2S. The molecule has 0 saturated heterocycles. The van der Waals surface area contributed by atoms with Crippen LogP contribution in [0.2, 0.25) is 0 Å². The quantitative estimate of drug-likeness (QED) is 0.501. The van der Waals surface area contributed by atoms with Gasteiger partial charge in [0, 0.05) is 19.2 Å². The Hall–Kier alpha value is -1.56. The van der Waals surface area contributed by atoms with Crippen molar-refractivity contribution in [1.82, 2.24) is 9.62 Å². The van der Waals surface area contributed by atoms with E-state index in [0.717, 1.165) is 17.7 Å². The summed E-state index contributed by atoms with van der Waals surface area (Å²) < 4.78 is 1.64.